The van der Waals surface area contributed by atoms with E-state index in [9.17, 15) is 9.59 Å². The lowest BCUT2D eigenvalue weighted by Gasteiger charge is -2.14. The number of allylic oxidation sites excluding steroid dienone is 4. The Balaban J connectivity index is 2.23. The Morgan fingerprint density at radius 2 is 1.78 bits per heavy atom. The fourth-order valence-corrected chi connectivity index (χ4v) is 2.07. The van der Waals surface area contributed by atoms with Crippen molar-refractivity contribution in [3.8, 4) is 0 Å². The zero-order valence-corrected chi connectivity index (χ0v) is 10.7. The van der Waals surface area contributed by atoms with Crippen molar-refractivity contribution in [3.63, 3.8) is 0 Å². The van der Waals surface area contributed by atoms with Gasteiger partial charge in [0, 0.05) is 16.7 Å². The summed E-state index contributed by atoms with van der Waals surface area (Å²) in [5, 5.41) is 0. The maximum atomic E-state index is 12.2. The van der Waals surface area contributed by atoms with Gasteiger partial charge in [0.05, 0.1) is 0 Å². The van der Waals surface area contributed by atoms with Gasteiger partial charge in [-0.25, -0.2) is 0 Å². The second-order valence-corrected chi connectivity index (χ2v) is 4.73. The molecule has 0 saturated heterocycles. The van der Waals surface area contributed by atoms with Crippen LogP contribution < -0.4 is 0 Å². The van der Waals surface area contributed by atoms with Crippen LogP contribution in [0.3, 0.4) is 0 Å². The summed E-state index contributed by atoms with van der Waals surface area (Å²) in [4.78, 5) is 24.1. The molecule has 1 aliphatic rings. The maximum Gasteiger partial charge on any atom is 0.189 e. The van der Waals surface area contributed by atoms with Crippen LogP contribution in [-0.2, 0) is 0 Å². The van der Waals surface area contributed by atoms with Crippen LogP contribution in [0, 0.1) is 0 Å². The Morgan fingerprint density at radius 1 is 1.11 bits per heavy atom. The summed E-state index contributed by atoms with van der Waals surface area (Å²) in [5.74, 6) is -0.0650. The Labute approximate surface area is 107 Å². The van der Waals surface area contributed by atoms with Gasteiger partial charge in [-0.3, -0.25) is 9.59 Å². The van der Waals surface area contributed by atoms with Crippen LogP contribution in [0.2, 0.25) is 0 Å². The molecule has 0 N–H and O–H groups in total. The normalized spacial score (nSPS) is 14.0. The van der Waals surface area contributed by atoms with Crippen molar-refractivity contribution < 1.29 is 9.59 Å². The lowest BCUT2D eigenvalue weighted by atomic mass is 9.87. The molecule has 0 fully saturated rings. The standard InChI is InChI=1S/C16H16O2/c1-11(2)6-5-7-12-10-15(17)13-8-3-4-9-14(13)16(12)18/h3-4,6,8-10H,5,7H2,1-2H3. The predicted molar refractivity (Wildman–Crippen MR) is 71.9 cm³/mol. The minimum absolute atomic E-state index is 0.00708. The summed E-state index contributed by atoms with van der Waals surface area (Å²) in [5.41, 5.74) is 2.91. The molecule has 92 valence electrons. The highest BCUT2D eigenvalue weighted by Gasteiger charge is 2.24. The molecule has 2 heteroatoms. The zero-order valence-electron chi connectivity index (χ0n) is 10.7. The zero-order chi connectivity index (χ0) is 13.1. The van der Waals surface area contributed by atoms with Gasteiger partial charge in [-0.1, -0.05) is 35.9 Å². The topological polar surface area (TPSA) is 34.1 Å². The summed E-state index contributed by atoms with van der Waals surface area (Å²) in [6, 6.07) is 7.01. The first kappa shape index (κ1) is 12.5. The van der Waals surface area contributed by atoms with E-state index in [1.807, 2.05) is 13.8 Å². The Kier molecular flexibility index (Phi) is 3.56. The Hall–Kier alpha value is -1.96. The minimum atomic E-state index is -0.0580. The molecule has 0 heterocycles. The SMILES string of the molecule is CC(C)=CCCC1=CC(=O)c2ccccc2C1=O. The van der Waals surface area contributed by atoms with E-state index in [0.29, 0.717) is 23.1 Å². The monoisotopic (exact) mass is 240 g/mol. The number of carbonyl (C=O) groups is 2. The number of hydrogen-bond acceptors (Lipinski definition) is 2. The van der Waals surface area contributed by atoms with Gasteiger partial charge in [0.1, 0.15) is 0 Å². The molecule has 1 aliphatic carbocycles. The molecule has 0 radical (unpaired) electrons. The summed E-state index contributed by atoms with van der Waals surface area (Å²) in [7, 11) is 0. The van der Waals surface area contributed by atoms with Gasteiger partial charge in [0.25, 0.3) is 0 Å². The molecule has 0 saturated carbocycles. The van der Waals surface area contributed by atoms with Gasteiger partial charge in [-0.05, 0) is 32.8 Å². The van der Waals surface area contributed by atoms with Crippen LogP contribution in [0.5, 0.6) is 0 Å². The highest BCUT2D eigenvalue weighted by Crippen LogP contribution is 2.23. The molecule has 0 unspecified atom stereocenters. The Morgan fingerprint density at radius 3 is 2.44 bits per heavy atom. The number of rotatable bonds is 3. The van der Waals surface area contributed by atoms with E-state index in [4.69, 9.17) is 0 Å². The number of Topliss-reactive ketones (excluding diaryl/α,β-unsaturated/α-hetero) is 1. The van der Waals surface area contributed by atoms with Gasteiger partial charge in [-0.15, -0.1) is 0 Å². The molecule has 1 aromatic carbocycles. The van der Waals surface area contributed by atoms with E-state index >= 15 is 0 Å². The van der Waals surface area contributed by atoms with Crippen molar-refractivity contribution in [3.05, 3.63) is 58.7 Å². The molecule has 0 bridgehead atoms. The Bertz CT molecular complexity index is 558. The van der Waals surface area contributed by atoms with E-state index in [0.717, 1.165) is 6.42 Å². The summed E-state index contributed by atoms with van der Waals surface area (Å²) in [6.45, 7) is 4.05. The van der Waals surface area contributed by atoms with Crippen LogP contribution in [0.15, 0.2) is 47.6 Å². The first-order valence-electron chi connectivity index (χ1n) is 6.11. The molecular weight excluding hydrogens is 224 g/mol. The van der Waals surface area contributed by atoms with E-state index in [-0.39, 0.29) is 11.6 Å². The molecular formula is C16H16O2. The summed E-state index contributed by atoms with van der Waals surface area (Å²) < 4.78 is 0. The second kappa shape index (κ2) is 5.13. The maximum absolute atomic E-state index is 12.2. The number of benzene rings is 1. The largest absolute Gasteiger partial charge is 0.289 e. The molecule has 2 nitrogen and oxygen atoms in total. The van der Waals surface area contributed by atoms with Gasteiger partial charge < -0.3 is 0 Å². The summed E-state index contributed by atoms with van der Waals surface area (Å²) in [6.07, 6.45) is 5.00. The first-order chi connectivity index (χ1) is 8.59. The average Bonchev–Trinajstić information content (AvgIpc) is 2.35. The number of fused-ring (bicyclic) bond motifs is 1. The van der Waals surface area contributed by atoms with Gasteiger partial charge >= 0.3 is 0 Å². The smallest absolute Gasteiger partial charge is 0.189 e. The van der Waals surface area contributed by atoms with Crippen LogP contribution >= 0.6 is 0 Å². The molecule has 0 aliphatic heterocycles. The van der Waals surface area contributed by atoms with Crippen LogP contribution in [0.4, 0.5) is 0 Å². The fraction of sp³-hybridized carbons (Fsp3) is 0.250. The van der Waals surface area contributed by atoms with Gasteiger partial charge in [0.2, 0.25) is 0 Å². The van der Waals surface area contributed by atoms with Crippen molar-refractivity contribution in [2.45, 2.75) is 26.7 Å². The van der Waals surface area contributed by atoms with Crippen LogP contribution in [0.1, 0.15) is 47.4 Å². The predicted octanol–water partition coefficient (Wildman–Crippen LogP) is 3.74. The number of hydrogen-bond donors (Lipinski definition) is 0. The van der Waals surface area contributed by atoms with E-state index in [1.54, 1.807) is 24.3 Å². The van der Waals surface area contributed by atoms with Crippen molar-refractivity contribution in [1.29, 1.82) is 0 Å². The lowest BCUT2D eigenvalue weighted by Crippen LogP contribution is -2.16. The molecule has 1 aromatic rings. The highest BCUT2D eigenvalue weighted by atomic mass is 16.1. The lowest BCUT2D eigenvalue weighted by molar-refractivity contribution is 0.0981. The first-order valence-corrected chi connectivity index (χ1v) is 6.11. The highest BCUT2D eigenvalue weighted by molar-refractivity contribution is 6.24. The van der Waals surface area contributed by atoms with E-state index in [2.05, 4.69) is 6.08 Å². The van der Waals surface area contributed by atoms with E-state index in [1.165, 1.54) is 11.6 Å². The number of carbonyl (C=O) groups excluding carboxylic acids is 2. The van der Waals surface area contributed by atoms with Crippen molar-refractivity contribution in [2.24, 2.45) is 0 Å². The van der Waals surface area contributed by atoms with Crippen LogP contribution in [0.25, 0.3) is 0 Å². The number of ketones is 2. The quantitative estimate of drug-likeness (QED) is 0.754. The molecule has 18 heavy (non-hydrogen) atoms. The van der Waals surface area contributed by atoms with Crippen molar-refractivity contribution in [1.82, 2.24) is 0 Å². The van der Waals surface area contributed by atoms with Crippen LogP contribution in [-0.4, -0.2) is 11.6 Å². The third kappa shape index (κ3) is 2.48. The minimum Gasteiger partial charge on any atom is -0.289 e. The van der Waals surface area contributed by atoms with Gasteiger partial charge in [-0.2, -0.15) is 0 Å². The third-order valence-corrected chi connectivity index (χ3v) is 3.00. The van der Waals surface area contributed by atoms with E-state index < -0.39 is 0 Å². The second-order valence-electron chi connectivity index (χ2n) is 4.73. The fourth-order valence-electron chi connectivity index (χ4n) is 2.07. The molecule has 0 atom stereocenters. The van der Waals surface area contributed by atoms with Crippen molar-refractivity contribution >= 4 is 11.6 Å². The van der Waals surface area contributed by atoms with Gasteiger partial charge in [0.15, 0.2) is 11.6 Å². The third-order valence-electron chi connectivity index (χ3n) is 3.00. The summed E-state index contributed by atoms with van der Waals surface area (Å²) >= 11 is 0. The molecule has 0 amide bonds. The molecule has 2 rings (SSSR count). The van der Waals surface area contributed by atoms with Crippen molar-refractivity contribution in [2.75, 3.05) is 0 Å². The molecule has 0 spiro atoms. The average molecular weight is 240 g/mol. The molecule has 0 aromatic heterocycles.